The summed E-state index contributed by atoms with van der Waals surface area (Å²) in [4.78, 5) is 2.48. The van der Waals surface area contributed by atoms with E-state index < -0.39 is 0 Å². The maximum absolute atomic E-state index is 2.48. The second-order valence-corrected chi connectivity index (χ2v) is 5.02. The van der Waals surface area contributed by atoms with Crippen molar-refractivity contribution in [2.75, 3.05) is 13.6 Å². The van der Waals surface area contributed by atoms with E-state index in [0.717, 1.165) is 11.8 Å². The Hall–Kier alpha value is -0.820. The van der Waals surface area contributed by atoms with Crippen molar-refractivity contribution in [3.05, 3.63) is 35.9 Å². The predicted molar refractivity (Wildman–Crippen MR) is 65.1 cm³/mol. The Morgan fingerprint density at radius 3 is 2.47 bits per heavy atom. The Labute approximate surface area is 93.1 Å². The highest BCUT2D eigenvalue weighted by atomic mass is 15.1. The normalized spacial score (nSPS) is 32.9. The van der Waals surface area contributed by atoms with Crippen molar-refractivity contribution in [3.63, 3.8) is 0 Å². The summed E-state index contributed by atoms with van der Waals surface area (Å²) >= 11 is 0. The zero-order valence-corrected chi connectivity index (χ0v) is 9.98. The van der Waals surface area contributed by atoms with E-state index in [2.05, 4.69) is 56.1 Å². The van der Waals surface area contributed by atoms with Crippen LogP contribution in [0.15, 0.2) is 30.3 Å². The quantitative estimate of drug-likeness (QED) is 0.678. The molecule has 0 radical (unpaired) electrons. The molecular weight excluding hydrogens is 182 g/mol. The van der Waals surface area contributed by atoms with Crippen LogP contribution in [0, 0.1) is 5.92 Å². The number of likely N-dealkylation sites (tertiary alicyclic amines) is 1. The van der Waals surface area contributed by atoms with E-state index in [0.29, 0.717) is 6.04 Å². The van der Waals surface area contributed by atoms with Crippen LogP contribution < -0.4 is 0 Å². The lowest BCUT2D eigenvalue weighted by Gasteiger charge is -2.40. The van der Waals surface area contributed by atoms with Gasteiger partial charge in [0.05, 0.1) is 0 Å². The second kappa shape index (κ2) is 4.36. The topological polar surface area (TPSA) is 3.24 Å². The van der Waals surface area contributed by atoms with Crippen LogP contribution >= 0.6 is 0 Å². The van der Waals surface area contributed by atoms with E-state index in [9.17, 15) is 0 Å². The van der Waals surface area contributed by atoms with Gasteiger partial charge in [-0.3, -0.25) is 0 Å². The lowest BCUT2D eigenvalue weighted by Crippen LogP contribution is -2.41. The molecule has 0 aliphatic carbocycles. The van der Waals surface area contributed by atoms with E-state index in [1.54, 1.807) is 0 Å². The number of hydrogen-bond acceptors (Lipinski definition) is 1. The van der Waals surface area contributed by atoms with Gasteiger partial charge in [-0.15, -0.1) is 0 Å². The molecule has 0 amide bonds. The summed E-state index contributed by atoms with van der Waals surface area (Å²) < 4.78 is 0. The molecule has 0 bridgehead atoms. The van der Waals surface area contributed by atoms with Gasteiger partial charge in [0, 0.05) is 12.6 Å². The molecule has 1 aliphatic heterocycles. The van der Waals surface area contributed by atoms with Crippen molar-refractivity contribution in [1.82, 2.24) is 4.90 Å². The standard InChI is InChI=1S/C14H21N/c1-11-10-15(3)12(2)9-14(11)13-7-5-4-6-8-13/h4-8,11-12,14H,9-10H2,1-3H3/t11-,12+,14-/m0/s1. The van der Waals surface area contributed by atoms with Gasteiger partial charge in [0.1, 0.15) is 0 Å². The summed E-state index contributed by atoms with van der Waals surface area (Å²) in [6, 6.07) is 11.7. The van der Waals surface area contributed by atoms with Gasteiger partial charge in [-0.1, -0.05) is 37.3 Å². The summed E-state index contributed by atoms with van der Waals surface area (Å²) in [5.41, 5.74) is 1.52. The fourth-order valence-electron chi connectivity index (χ4n) is 2.71. The van der Waals surface area contributed by atoms with Crippen molar-refractivity contribution in [2.45, 2.75) is 32.2 Å². The zero-order valence-electron chi connectivity index (χ0n) is 9.98. The second-order valence-electron chi connectivity index (χ2n) is 5.02. The molecule has 1 fully saturated rings. The SMILES string of the molecule is C[C@@H]1C[C@H](c2ccccc2)[C@@H](C)CN1C. The molecule has 15 heavy (non-hydrogen) atoms. The molecule has 1 saturated heterocycles. The molecule has 82 valence electrons. The van der Waals surface area contributed by atoms with Crippen LogP contribution in [0.3, 0.4) is 0 Å². The monoisotopic (exact) mass is 203 g/mol. The maximum Gasteiger partial charge on any atom is 0.00699 e. The van der Waals surface area contributed by atoms with Crippen LogP contribution in [-0.4, -0.2) is 24.5 Å². The molecular formula is C14H21N. The summed E-state index contributed by atoms with van der Waals surface area (Å²) in [6.45, 7) is 5.93. The third kappa shape index (κ3) is 2.23. The van der Waals surface area contributed by atoms with E-state index in [1.807, 2.05) is 0 Å². The molecule has 0 unspecified atom stereocenters. The fraction of sp³-hybridized carbons (Fsp3) is 0.571. The molecule has 1 heteroatoms. The summed E-state index contributed by atoms with van der Waals surface area (Å²) in [5.74, 6) is 1.52. The largest absolute Gasteiger partial charge is 0.303 e. The molecule has 1 nitrogen and oxygen atoms in total. The van der Waals surface area contributed by atoms with Crippen LogP contribution in [-0.2, 0) is 0 Å². The Bertz CT molecular complexity index is 306. The van der Waals surface area contributed by atoms with Crippen LogP contribution in [0.2, 0.25) is 0 Å². The highest BCUT2D eigenvalue weighted by Crippen LogP contribution is 2.34. The number of benzene rings is 1. The van der Waals surface area contributed by atoms with E-state index in [-0.39, 0.29) is 0 Å². The van der Waals surface area contributed by atoms with Crippen LogP contribution in [0.1, 0.15) is 31.7 Å². The highest BCUT2D eigenvalue weighted by Gasteiger charge is 2.29. The molecule has 3 atom stereocenters. The summed E-state index contributed by atoms with van der Waals surface area (Å²) in [6.07, 6.45) is 1.29. The zero-order chi connectivity index (χ0) is 10.8. The summed E-state index contributed by atoms with van der Waals surface area (Å²) in [7, 11) is 2.24. The average molecular weight is 203 g/mol. The molecule has 0 spiro atoms. The van der Waals surface area contributed by atoms with E-state index in [1.165, 1.54) is 18.5 Å². The fourth-order valence-corrected chi connectivity index (χ4v) is 2.71. The van der Waals surface area contributed by atoms with Gasteiger partial charge in [0.2, 0.25) is 0 Å². The molecule has 1 aromatic carbocycles. The minimum absolute atomic E-state index is 0.714. The van der Waals surface area contributed by atoms with Gasteiger partial charge >= 0.3 is 0 Å². The number of rotatable bonds is 1. The molecule has 0 N–H and O–H groups in total. The van der Waals surface area contributed by atoms with Gasteiger partial charge in [-0.05, 0) is 37.8 Å². The van der Waals surface area contributed by atoms with Crippen LogP contribution in [0.5, 0.6) is 0 Å². The van der Waals surface area contributed by atoms with Gasteiger partial charge in [0.25, 0.3) is 0 Å². The maximum atomic E-state index is 2.48. The average Bonchev–Trinajstić information content (AvgIpc) is 2.25. The Morgan fingerprint density at radius 1 is 1.13 bits per heavy atom. The van der Waals surface area contributed by atoms with Crippen LogP contribution in [0.4, 0.5) is 0 Å². The van der Waals surface area contributed by atoms with Crippen molar-refractivity contribution < 1.29 is 0 Å². The van der Waals surface area contributed by atoms with Crippen molar-refractivity contribution >= 4 is 0 Å². The first-order chi connectivity index (χ1) is 7.18. The molecule has 1 heterocycles. The predicted octanol–water partition coefficient (Wildman–Crippen LogP) is 3.13. The van der Waals surface area contributed by atoms with Gasteiger partial charge in [-0.2, -0.15) is 0 Å². The number of hydrogen-bond donors (Lipinski definition) is 0. The minimum Gasteiger partial charge on any atom is -0.303 e. The molecule has 1 aliphatic rings. The lowest BCUT2D eigenvalue weighted by molar-refractivity contribution is 0.136. The first-order valence-electron chi connectivity index (χ1n) is 5.93. The Balaban J connectivity index is 2.16. The summed E-state index contributed by atoms with van der Waals surface area (Å²) in [5, 5.41) is 0. The van der Waals surface area contributed by atoms with E-state index >= 15 is 0 Å². The third-order valence-corrected chi connectivity index (χ3v) is 3.84. The smallest absolute Gasteiger partial charge is 0.00699 e. The minimum atomic E-state index is 0.714. The van der Waals surface area contributed by atoms with Crippen molar-refractivity contribution in [1.29, 1.82) is 0 Å². The molecule has 2 rings (SSSR count). The van der Waals surface area contributed by atoms with Gasteiger partial charge in [-0.25, -0.2) is 0 Å². The van der Waals surface area contributed by atoms with Gasteiger partial charge in [0.15, 0.2) is 0 Å². The first kappa shape index (κ1) is 10.7. The number of piperidine rings is 1. The van der Waals surface area contributed by atoms with Crippen LogP contribution in [0.25, 0.3) is 0 Å². The third-order valence-electron chi connectivity index (χ3n) is 3.84. The van der Waals surface area contributed by atoms with Crippen molar-refractivity contribution in [2.24, 2.45) is 5.92 Å². The Morgan fingerprint density at radius 2 is 1.80 bits per heavy atom. The first-order valence-corrected chi connectivity index (χ1v) is 5.93. The van der Waals surface area contributed by atoms with Gasteiger partial charge < -0.3 is 4.90 Å². The highest BCUT2D eigenvalue weighted by molar-refractivity contribution is 5.21. The lowest BCUT2D eigenvalue weighted by atomic mass is 9.79. The molecule has 0 aromatic heterocycles. The molecule has 0 saturated carbocycles. The molecule has 1 aromatic rings. The van der Waals surface area contributed by atoms with E-state index in [4.69, 9.17) is 0 Å². The number of nitrogens with zero attached hydrogens (tertiary/aromatic N) is 1. The van der Waals surface area contributed by atoms with Crippen molar-refractivity contribution in [3.8, 4) is 0 Å². The Kier molecular flexibility index (Phi) is 3.11.